The highest BCUT2D eigenvalue weighted by Gasteiger charge is 2.21. The van der Waals surface area contributed by atoms with E-state index in [0.29, 0.717) is 12.2 Å². The number of aryl methyl sites for hydroxylation is 1. The maximum atomic E-state index is 12.4. The van der Waals surface area contributed by atoms with Crippen molar-refractivity contribution in [2.24, 2.45) is 0 Å². The Hall–Kier alpha value is -2.57. The van der Waals surface area contributed by atoms with Gasteiger partial charge in [0, 0.05) is 48.8 Å². The van der Waals surface area contributed by atoms with Crippen LogP contribution in [0, 0.1) is 6.92 Å². The first kappa shape index (κ1) is 19.7. The predicted molar refractivity (Wildman–Crippen MR) is 120 cm³/mol. The summed E-state index contributed by atoms with van der Waals surface area (Å²) in [6.45, 7) is 6.08. The lowest BCUT2D eigenvalue weighted by molar-refractivity contribution is 0.0946. The van der Waals surface area contributed by atoms with Gasteiger partial charge in [-0.15, -0.1) is 11.3 Å². The normalized spacial score (nSPS) is 14.1. The van der Waals surface area contributed by atoms with Crippen molar-refractivity contribution < 1.29 is 4.79 Å². The average Bonchev–Trinajstić information content (AvgIpc) is 3.24. The second-order valence-corrected chi connectivity index (χ2v) is 8.41. The van der Waals surface area contributed by atoms with E-state index in [1.807, 2.05) is 54.8 Å². The van der Waals surface area contributed by atoms with Gasteiger partial charge in [0.1, 0.15) is 5.69 Å². The van der Waals surface area contributed by atoms with Crippen molar-refractivity contribution in [2.45, 2.75) is 13.5 Å². The van der Waals surface area contributed by atoms with Crippen molar-refractivity contribution in [3.8, 4) is 0 Å². The van der Waals surface area contributed by atoms with Gasteiger partial charge in [0.15, 0.2) is 5.13 Å². The van der Waals surface area contributed by atoms with Gasteiger partial charge in [0.25, 0.3) is 5.91 Å². The highest BCUT2D eigenvalue weighted by Crippen LogP contribution is 2.25. The van der Waals surface area contributed by atoms with E-state index < -0.39 is 0 Å². The summed E-state index contributed by atoms with van der Waals surface area (Å²) in [6, 6.07) is 16.1. The Balaban J connectivity index is 1.32. The number of carbonyl (C=O) groups excluding carboxylic acids is 1. The van der Waals surface area contributed by atoms with Crippen molar-refractivity contribution >= 4 is 39.7 Å². The van der Waals surface area contributed by atoms with Crippen LogP contribution in [0.5, 0.6) is 0 Å². The van der Waals surface area contributed by atoms with Crippen molar-refractivity contribution in [3.05, 3.63) is 75.8 Å². The van der Waals surface area contributed by atoms with Gasteiger partial charge in [-0.2, -0.15) is 0 Å². The van der Waals surface area contributed by atoms with E-state index in [4.69, 9.17) is 11.6 Å². The zero-order valence-corrected chi connectivity index (χ0v) is 17.8. The minimum absolute atomic E-state index is 0.134. The van der Waals surface area contributed by atoms with Crippen LogP contribution in [0.1, 0.15) is 21.6 Å². The highest BCUT2D eigenvalue weighted by molar-refractivity contribution is 7.13. The molecule has 0 aliphatic carbocycles. The quantitative estimate of drug-likeness (QED) is 0.658. The number of amides is 1. The first-order valence-corrected chi connectivity index (χ1v) is 10.9. The summed E-state index contributed by atoms with van der Waals surface area (Å²) in [7, 11) is 0. The molecule has 1 amide bonds. The molecule has 0 unspecified atom stereocenters. The van der Waals surface area contributed by atoms with E-state index in [-0.39, 0.29) is 5.91 Å². The molecule has 3 aromatic rings. The fourth-order valence-electron chi connectivity index (χ4n) is 3.32. The summed E-state index contributed by atoms with van der Waals surface area (Å²) in [6.07, 6.45) is 0. The Labute approximate surface area is 179 Å². The van der Waals surface area contributed by atoms with Gasteiger partial charge >= 0.3 is 0 Å². The number of rotatable bonds is 5. The molecule has 0 spiro atoms. The number of hydrogen-bond acceptors (Lipinski definition) is 5. The highest BCUT2D eigenvalue weighted by atomic mass is 35.5. The summed E-state index contributed by atoms with van der Waals surface area (Å²) < 4.78 is 0. The number of nitrogens with zero attached hydrogens (tertiary/aromatic N) is 3. The molecule has 5 nitrogen and oxygen atoms in total. The van der Waals surface area contributed by atoms with Crippen LogP contribution in [-0.4, -0.2) is 37.1 Å². The molecule has 1 fully saturated rings. The van der Waals surface area contributed by atoms with Crippen LogP contribution in [0.25, 0.3) is 0 Å². The average molecular weight is 427 g/mol. The monoisotopic (exact) mass is 426 g/mol. The van der Waals surface area contributed by atoms with Gasteiger partial charge in [-0.05, 0) is 30.7 Å². The molecule has 1 saturated heterocycles. The Kier molecular flexibility index (Phi) is 6.02. The van der Waals surface area contributed by atoms with Crippen LogP contribution in [0.4, 0.5) is 10.8 Å². The van der Waals surface area contributed by atoms with Gasteiger partial charge in [0.05, 0.1) is 0 Å². The molecule has 4 rings (SSSR count). The molecule has 0 radical (unpaired) electrons. The Bertz CT molecular complexity index is 980. The van der Waals surface area contributed by atoms with Crippen LogP contribution in [0.15, 0.2) is 53.9 Å². The minimum atomic E-state index is -0.134. The van der Waals surface area contributed by atoms with E-state index >= 15 is 0 Å². The van der Waals surface area contributed by atoms with E-state index in [1.165, 1.54) is 16.9 Å². The summed E-state index contributed by atoms with van der Waals surface area (Å²) in [4.78, 5) is 21.6. The number of thiazole rings is 1. The van der Waals surface area contributed by atoms with E-state index in [9.17, 15) is 4.79 Å². The third kappa shape index (κ3) is 4.89. The second-order valence-electron chi connectivity index (χ2n) is 7.14. The third-order valence-corrected chi connectivity index (χ3v) is 6.16. The Morgan fingerprint density at radius 2 is 1.83 bits per heavy atom. The molecule has 0 saturated carbocycles. The lowest BCUT2D eigenvalue weighted by Crippen LogP contribution is -2.46. The molecule has 2 heterocycles. The molecule has 1 aliphatic rings. The third-order valence-electron chi connectivity index (χ3n) is 5.02. The van der Waals surface area contributed by atoms with Crippen LogP contribution >= 0.6 is 22.9 Å². The number of hydrogen-bond donors (Lipinski definition) is 1. The molecule has 1 aliphatic heterocycles. The molecule has 1 N–H and O–H groups in total. The standard InChI is InChI=1S/C22H23ClN4OS/c1-16-5-7-17(8-6-16)14-24-21(28)20-15-29-22(25-20)27-11-9-26(10-12-27)19-4-2-3-18(23)13-19/h2-8,13,15H,9-12,14H2,1H3,(H,24,28). The van der Waals surface area contributed by atoms with Gasteiger partial charge in [0.2, 0.25) is 0 Å². The summed E-state index contributed by atoms with van der Waals surface area (Å²) in [5.41, 5.74) is 3.91. The molecular formula is C22H23ClN4OS. The van der Waals surface area contributed by atoms with Crippen LogP contribution in [0.2, 0.25) is 5.02 Å². The lowest BCUT2D eigenvalue weighted by atomic mass is 10.1. The molecular weight excluding hydrogens is 404 g/mol. The number of carbonyl (C=O) groups is 1. The molecule has 0 bridgehead atoms. The number of piperazine rings is 1. The van der Waals surface area contributed by atoms with Crippen molar-refractivity contribution in [1.29, 1.82) is 0 Å². The van der Waals surface area contributed by atoms with Crippen LogP contribution in [-0.2, 0) is 6.54 Å². The summed E-state index contributed by atoms with van der Waals surface area (Å²) in [5, 5.41) is 6.44. The first-order chi connectivity index (χ1) is 14.1. The van der Waals surface area contributed by atoms with Crippen LogP contribution < -0.4 is 15.1 Å². The second kappa shape index (κ2) is 8.84. The zero-order chi connectivity index (χ0) is 20.2. The van der Waals surface area contributed by atoms with E-state index in [0.717, 1.165) is 47.6 Å². The van der Waals surface area contributed by atoms with Crippen LogP contribution in [0.3, 0.4) is 0 Å². The van der Waals surface area contributed by atoms with Gasteiger partial charge < -0.3 is 15.1 Å². The zero-order valence-electron chi connectivity index (χ0n) is 16.3. The molecule has 7 heteroatoms. The Morgan fingerprint density at radius 3 is 2.55 bits per heavy atom. The van der Waals surface area contributed by atoms with Crippen molar-refractivity contribution in [3.63, 3.8) is 0 Å². The fourth-order valence-corrected chi connectivity index (χ4v) is 4.37. The molecule has 29 heavy (non-hydrogen) atoms. The SMILES string of the molecule is Cc1ccc(CNC(=O)c2csc(N3CCN(c4cccc(Cl)c4)CC3)n2)cc1. The molecule has 1 aromatic heterocycles. The number of anilines is 2. The topological polar surface area (TPSA) is 48.5 Å². The lowest BCUT2D eigenvalue weighted by Gasteiger charge is -2.36. The maximum Gasteiger partial charge on any atom is 0.271 e. The van der Waals surface area contributed by atoms with Crippen molar-refractivity contribution in [2.75, 3.05) is 36.0 Å². The first-order valence-electron chi connectivity index (χ1n) is 9.63. The van der Waals surface area contributed by atoms with E-state index in [2.05, 4.69) is 26.2 Å². The smallest absolute Gasteiger partial charge is 0.271 e. The van der Waals surface area contributed by atoms with Crippen molar-refractivity contribution in [1.82, 2.24) is 10.3 Å². The number of benzene rings is 2. The fraction of sp³-hybridized carbons (Fsp3) is 0.273. The van der Waals surface area contributed by atoms with E-state index in [1.54, 1.807) is 0 Å². The van der Waals surface area contributed by atoms with Gasteiger partial charge in [-0.25, -0.2) is 4.98 Å². The van der Waals surface area contributed by atoms with Gasteiger partial charge in [-0.1, -0.05) is 47.5 Å². The number of halogens is 1. The largest absolute Gasteiger partial charge is 0.368 e. The molecule has 150 valence electrons. The predicted octanol–water partition coefficient (Wildman–Crippen LogP) is 4.36. The number of nitrogens with one attached hydrogen (secondary N) is 1. The maximum absolute atomic E-state index is 12.4. The summed E-state index contributed by atoms with van der Waals surface area (Å²) in [5.74, 6) is -0.134. The van der Waals surface area contributed by atoms with Gasteiger partial charge in [-0.3, -0.25) is 4.79 Å². The molecule has 2 aromatic carbocycles. The summed E-state index contributed by atoms with van der Waals surface area (Å²) >= 11 is 7.63. The number of aromatic nitrogens is 1. The minimum Gasteiger partial charge on any atom is -0.368 e. The molecule has 0 atom stereocenters. The Morgan fingerprint density at radius 1 is 1.10 bits per heavy atom.